The van der Waals surface area contributed by atoms with Crippen LogP contribution >= 0.6 is 7.51 Å². The van der Waals surface area contributed by atoms with Gasteiger partial charge < -0.3 is 9.05 Å². The van der Waals surface area contributed by atoms with Gasteiger partial charge in [-0.25, -0.2) is 14.3 Å². The zero-order valence-electron chi connectivity index (χ0n) is 9.94. The third-order valence-corrected chi connectivity index (χ3v) is 3.30. The Morgan fingerprint density at radius 3 is 1.44 bits per heavy atom. The molecule has 0 unspecified atom stereocenters. The highest BCUT2D eigenvalue weighted by atomic mass is 31.2. The van der Waals surface area contributed by atoms with E-state index in [1.807, 2.05) is 0 Å². The van der Waals surface area contributed by atoms with Crippen LogP contribution in [0.25, 0.3) is 0 Å². The highest BCUT2D eigenvalue weighted by Gasteiger charge is 2.24. The number of rotatable bonds is 4. The van der Waals surface area contributed by atoms with Crippen LogP contribution in [-0.4, -0.2) is 25.7 Å². The highest BCUT2D eigenvalue weighted by molar-refractivity contribution is 7.56. The molecular formula is C12H24NO4P. The predicted molar refractivity (Wildman–Crippen MR) is 76.5 cm³/mol. The lowest BCUT2D eigenvalue weighted by Gasteiger charge is -2.18. The minimum atomic E-state index is -2.87. The fourth-order valence-corrected chi connectivity index (χ4v) is 1.69. The Bertz CT molecular complexity index is 367. The highest BCUT2D eigenvalue weighted by Crippen LogP contribution is 2.48. The normalized spacial score (nSPS) is 9.11. The van der Waals surface area contributed by atoms with Crippen molar-refractivity contribution in [2.45, 2.75) is 28.7 Å². The van der Waals surface area contributed by atoms with Crippen LogP contribution in [0, 0.1) is 0 Å². The zero-order valence-corrected chi connectivity index (χ0v) is 10.8. The molecule has 0 aromatic heterocycles. The molecule has 0 aliphatic carbocycles. The van der Waals surface area contributed by atoms with Gasteiger partial charge in [-0.05, 0) is 13.8 Å². The van der Waals surface area contributed by atoms with Crippen molar-refractivity contribution in [3.05, 3.63) is 24.3 Å². The number of carbonyl (C=O) groups excluding carboxylic acids is 2. The Hall–Kier alpha value is -1.35. The Morgan fingerprint density at radius 2 is 1.28 bits per heavy atom. The van der Waals surface area contributed by atoms with E-state index in [2.05, 4.69) is 17.9 Å². The van der Waals surface area contributed by atoms with E-state index in [1.54, 1.807) is 0 Å². The smallest absolute Gasteiger partial charge is 0.339 e. The largest absolute Gasteiger partial charge is 0.394 e. The van der Waals surface area contributed by atoms with Crippen LogP contribution in [0.3, 0.4) is 0 Å². The summed E-state index contributed by atoms with van der Waals surface area (Å²) < 4.78 is 13.8. The quantitative estimate of drug-likeness (QED) is 0.579. The lowest BCUT2D eigenvalue weighted by molar-refractivity contribution is -0.133. The minimum Gasteiger partial charge on any atom is -0.394 e. The molecule has 0 bridgehead atoms. The van der Waals surface area contributed by atoms with Gasteiger partial charge in [0.15, 0.2) is 0 Å². The van der Waals surface area contributed by atoms with E-state index in [4.69, 9.17) is 9.05 Å². The van der Waals surface area contributed by atoms with Crippen molar-refractivity contribution < 1.29 is 18.6 Å². The first-order chi connectivity index (χ1) is 7.22. The van der Waals surface area contributed by atoms with E-state index >= 15 is 0 Å². The van der Waals surface area contributed by atoms with Crippen molar-refractivity contribution in [2.24, 2.45) is 4.74 Å². The Balaban J connectivity index is -0.00000112. The molecule has 0 atom stereocenters. The van der Waals surface area contributed by atoms with Crippen molar-refractivity contribution in [2.75, 3.05) is 13.7 Å². The summed E-state index contributed by atoms with van der Waals surface area (Å²) in [6.07, 6.45) is 0. The molecule has 0 N–H and O–H groups in total. The second-order valence-corrected chi connectivity index (χ2v) is 5.69. The molecule has 0 aliphatic rings. The monoisotopic (exact) mass is 277 g/mol. The van der Waals surface area contributed by atoms with Crippen molar-refractivity contribution in [1.82, 2.24) is 0 Å². The van der Waals surface area contributed by atoms with E-state index in [1.165, 1.54) is 27.6 Å². The molecule has 18 heavy (non-hydrogen) atoms. The molecule has 0 saturated heterocycles. The SMILES string of the molecule is C.C.C=C(C)C(=O)OP(C)(=NC)OC(=O)C(=C)C. The van der Waals surface area contributed by atoms with Crippen LogP contribution in [0.2, 0.25) is 0 Å². The first kappa shape index (κ1) is 21.9. The van der Waals surface area contributed by atoms with Crippen molar-refractivity contribution >= 4 is 19.4 Å². The first-order valence-electron chi connectivity index (χ1n) is 4.48. The second-order valence-electron chi connectivity index (χ2n) is 3.32. The molecule has 0 radical (unpaired) electrons. The topological polar surface area (TPSA) is 65.0 Å². The number of hydrogen-bond donors (Lipinski definition) is 0. The van der Waals surface area contributed by atoms with Gasteiger partial charge in [0.25, 0.3) is 0 Å². The summed E-state index contributed by atoms with van der Waals surface area (Å²) in [6, 6.07) is 0. The molecule has 0 fully saturated rings. The molecule has 0 aromatic rings. The minimum absolute atomic E-state index is 0. The molecule has 0 saturated carbocycles. The number of carbonyl (C=O) groups is 2. The van der Waals surface area contributed by atoms with E-state index in [0.29, 0.717) is 0 Å². The van der Waals surface area contributed by atoms with Crippen LogP contribution in [0.1, 0.15) is 28.7 Å². The van der Waals surface area contributed by atoms with Gasteiger partial charge in [0.05, 0.1) is 0 Å². The molecule has 0 aliphatic heterocycles. The summed E-state index contributed by atoms with van der Waals surface area (Å²) >= 11 is 0. The molecule has 0 rings (SSSR count). The van der Waals surface area contributed by atoms with E-state index < -0.39 is 19.4 Å². The Morgan fingerprint density at radius 1 is 1.00 bits per heavy atom. The maximum atomic E-state index is 11.3. The van der Waals surface area contributed by atoms with E-state index in [9.17, 15) is 9.59 Å². The fourth-order valence-electron chi connectivity index (χ4n) is 0.564. The number of nitrogens with zero attached hydrogens (tertiary/aromatic N) is 1. The molecule has 0 aromatic carbocycles. The van der Waals surface area contributed by atoms with Crippen LogP contribution < -0.4 is 0 Å². The van der Waals surface area contributed by atoms with Crippen molar-refractivity contribution in [1.29, 1.82) is 0 Å². The van der Waals surface area contributed by atoms with Gasteiger partial charge in [0, 0.05) is 24.9 Å². The first-order valence-corrected chi connectivity index (χ1v) is 6.51. The van der Waals surface area contributed by atoms with Crippen LogP contribution in [0.5, 0.6) is 0 Å². The fraction of sp³-hybridized carbons (Fsp3) is 0.500. The van der Waals surface area contributed by atoms with Crippen molar-refractivity contribution in [3.8, 4) is 0 Å². The van der Waals surface area contributed by atoms with E-state index in [-0.39, 0.29) is 26.0 Å². The third kappa shape index (κ3) is 7.07. The van der Waals surface area contributed by atoms with Gasteiger partial charge in [-0.15, -0.1) is 0 Å². The summed E-state index contributed by atoms with van der Waals surface area (Å²) in [4.78, 5) is 22.6. The van der Waals surface area contributed by atoms with Gasteiger partial charge in [-0.1, -0.05) is 28.0 Å². The zero-order chi connectivity index (χ0) is 12.9. The average Bonchev–Trinajstić information content (AvgIpc) is 2.17. The van der Waals surface area contributed by atoms with Crippen molar-refractivity contribution in [3.63, 3.8) is 0 Å². The molecule has 0 heterocycles. The van der Waals surface area contributed by atoms with Gasteiger partial charge in [-0.2, -0.15) is 0 Å². The van der Waals surface area contributed by atoms with Gasteiger partial charge in [0.1, 0.15) is 0 Å². The molecule has 106 valence electrons. The lowest BCUT2D eigenvalue weighted by Crippen LogP contribution is -2.09. The van der Waals surface area contributed by atoms with E-state index in [0.717, 1.165) is 0 Å². The van der Waals surface area contributed by atoms with Crippen LogP contribution in [0.4, 0.5) is 0 Å². The molecule has 0 spiro atoms. The summed E-state index contributed by atoms with van der Waals surface area (Å²) in [5.41, 5.74) is 0.447. The van der Waals surface area contributed by atoms with Gasteiger partial charge in [0.2, 0.25) is 0 Å². The molecule has 5 nitrogen and oxygen atoms in total. The maximum absolute atomic E-state index is 11.3. The maximum Gasteiger partial charge on any atom is 0.339 e. The summed E-state index contributed by atoms with van der Waals surface area (Å²) in [5, 5.41) is 0. The summed E-state index contributed by atoms with van der Waals surface area (Å²) in [6.45, 7) is 11.3. The Labute approximate surface area is 110 Å². The van der Waals surface area contributed by atoms with Gasteiger partial charge >= 0.3 is 19.4 Å². The lowest BCUT2D eigenvalue weighted by atomic mass is 10.4. The summed E-state index contributed by atoms with van der Waals surface area (Å²) in [5.74, 6) is -1.26. The average molecular weight is 277 g/mol. The standard InChI is InChI=1S/C10H16NO4P.2CH4/c1-7(2)9(12)14-16(6,11-5)15-10(13)8(3)4;;/h1,3H2,2,4-6H3;2*1H4. The molecule has 6 heteroatoms. The third-order valence-electron chi connectivity index (χ3n) is 1.56. The van der Waals surface area contributed by atoms with Crippen LogP contribution in [0.15, 0.2) is 29.0 Å². The number of hydrogen-bond acceptors (Lipinski definition) is 5. The van der Waals surface area contributed by atoms with Gasteiger partial charge in [-0.3, -0.25) is 0 Å². The second kappa shape index (κ2) is 8.70. The van der Waals surface area contributed by atoms with Crippen LogP contribution in [-0.2, 0) is 18.6 Å². The molecular weight excluding hydrogens is 253 g/mol. The predicted octanol–water partition coefficient (Wildman–Crippen LogP) is 3.79. The Kier molecular flexibility index (Phi) is 10.6. The molecule has 0 amide bonds. The summed E-state index contributed by atoms with van der Waals surface area (Å²) in [7, 11) is -1.44.